The molecule has 174 valence electrons. The molecule has 1 saturated heterocycles. The van der Waals surface area contributed by atoms with Gasteiger partial charge in [0.05, 0.1) is 24.8 Å². The fourth-order valence-corrected chi connectivity index (χ4v) is 3.22. The number of pyridine rings is 1. The second-order valence-electron chi connectivity index (χ2n) is 7.32. The fourth-order valence-electron chi connectivity index (χ4n) is 3.22. The normalized spacial score (nSPS) is 14.2. The van der Waals surface area contributed by atoms with Crippen molar-refractivity contribution in [2.24, 2.45) is 0 Å². The van der Waals surface area contributed by atoms with Crippen molar-refractivity contribution in [1.29, 1.82) is 5.26 Å². The Morgan fingerprint density at radius 2 is 1.88 bits per heavy atom. The summed E-state index contributed by atoms with van der Waals surface area (Å²) in [6, 6.07) is 5.81. The fraction of sp³-hybridized carbons (Fsp3) is 0.429. The minimum Gasteiger partial charge on any atom is -0.394 e. The number of nitriles is 1. The lowest BCUT2D eigenvalue weighted by Gasteiger charge is -2.35. The third-order valence-corrected chi connectivity index (χ3v) is 5.08. The molecule has 0 saturated carbocycles. The van der Waals surface area contributed by atoms with Gasteiger partial charge in [-0.05, 0) is 24.1 Å². The van der Waals surface area contributed by atoms with Crippen molar-refractivity contribution in [3.63, 3.8) is 0 Å². The number of H-pyrrole nitrogens is 1. The lowest BCUT2D eigenvalue weighted by atomic mass is 10.2. The highest BCUT2D eigenvalue weighted by molar-refractivity contribution is 5.54. The molecule has 0 aromatic carbocycles. The highest BCUT2D eigenvalue weighted by atomic mass is 16.3. The average molecular weight is 454 g/mol. The van der Waals surface area contributed by atoms with Crippen LogP contribution in [0.25, 0.3) is 0 Å². The van der Waals surface area contributed by atoms with Crippen LogP contribution < -0.4 is 15.5 Å². The summed E-state index contributed by atoms with van der Waals surface area (Å²) in [6.07, 6.45) is 6.75. The summed E-state index contributed by atoms with van der Waals surface area (Å²) in [7, 11) is 0. The number of aliphatic hydroxyl groups excluding tert-OH is 2. The van der Waals surface area contributed by atoms with Gasteiger partial charge in [0.15, 0.2) is 0 Å². The monoisotopic (exact) mass is 453 g/mol. The van der Waals surface area contributed by atoms with Gasteiger partial charge in [0.1, 0.15) is 18.2 Å². The summed E-state index contributed by atoms with van der Waals surface area (Å²) in [6.45, 7) is 5.00. The van der Waals surface area contributed by atoms with Crippen molar-refractivity contribution in [3.05, 3.63) is 58.7 Å². The van der Waals surface area contributed by atoms with Crippen LogP contribution in [-0.2, 0) is 13.0 Å². The molecule has 33 heavy (non-hydrogen) atoms. The molecule has 0 amide bonds. The van der Waals surface area contributed by atoms with Gasteiger partial charge in [-0.2, -0.15) is 10.4 Å². The van der Waals surface area contributed by atoms with Gasteiger partial charge in [0.2, 0.25) is 5.95 Å². The van der Waals surface area contributed by atoms with Crippen LogP contribution in [0.3, 0.4) is 0 Å². The van der Waals surface area contributed by atoms with E-state index in [4.69, 9.17) is 10.2 Å². The summed E-state index contributed by atoms with van der Waals surface area (Å²) in [5.74, 6) is 1.55. The number of piperazine rings is 1. The number of hydrogen-bond acceptors (Lipinski definition) is 10. The number of hydrogen-bond donors (Lipinski definition) is 3. The van der Waals surface area contributed by atoms with E-state index in [1.807, 2.05) is 12.4 Å². The Bertz CT molecular complexity index is 1100. The van der Waals surface area contributed by atoms with E-state index in [1.54, 1.807) is 18.3 Å². The number of aryl methyl sites for hydroxylation is 1. The molecule has 1 fully saturated rings. The Hall–Kier alpha value is -3.82. The second kappa shape index (κ2) is 11.7. The number of nitrogens with zero attached hydrogens (tertiary/aromatic N) is 8. The lowest BCUT2D eigenvalue weighted by Crippen LogP contribution is -2.47. The molecule has 0 spiro atoms. The molecule has 0 radical (unpaired) electrons. The first-order valence-corrected chi connectivity index (χ1v) is 10.6. The first kappa shape index (κ1) is 23.8. The molecule has 4 heterocycles. The van der Waals surface area contributed by atoms with Gasteiger partial charge >= 0.3 is 5.69 Å². The summed E-state index contributed by atoms with van der Waals surface area (Å²) < 4.78 is 1.04. The van der Waals surface area contributed by atoms with Crippen LogP contribution >= 0.6 is 0 Å². The predicted molar refractivity (Wildman–Crippen MR) is 121 cm³/mol. The molecule has 1 aliphatic heterocycles. The second-order valence-corrected chi connectivity index (χ2v) is 7.32. The summed E-state index contributed by atoms with van der Waals surface area (Å²) in [5, 5.41) is 30.1. The molecule has 1 unspecified atom stereocenters. The third kappa shape index (κ3) is 6.34. The van der Waals surface area contributed by atoms with E-state index >= 15 is 0 Å². The summed E-state index contributed by atoms with van der Waals surface area (Å²) in [4.78, 5) is 30.6. The van der Waals surface area contributed by atoms with Gasteiger partial charge in [-0.25, -0.2) is 24.4 Å². The maximum atomic E-state index is 10.7. The van der Waals surface area contributed by atoms with E-state index in [1.165, 1.54) is 6.33 Å². The van der Waals surface area contributed by atoms with Crippen LogP contribution in [0.2, 0.25) is 0 Å². The number of aromatic nitrogens is 6. The van der Waals surface area contributed by atoms with Gasteiger partial charge in [-0.3, -0.25) is 4.98 Å². The van der Waals surface area contributed by atoms with E-state index in [0.29, 0.717) is 5.56 Å². The molecule has 4 rings (SSSR count). The van der Waals surface area contributed by atoms with Crippen molar-refractivity contribution >= 4 is 11.8 Å². The zero-order valence-electron chi connectivity index (χ0n) is 18.4. The van der Waals surface area contributed by atoms with Crippen molar-refractivity contribution in [3.8, 4) is 6.07 Å². The molecule has 0 aliphatic carbocycles. The largest absolute Gasteiger partial charge is 0.394 e. The summed E-state index contributed by atoms with van der Waals surface area (Å²) >= 11 is 0. The molecular weight excluding hydrogens is 426 g/mol. The maximum Gasteiger partial charge on any atom is 0.343 e. The quantitative estimate of drug-likeness (QED) is 0.446. The first-order valence-electron chi connectivity index (χ1n) is 10.6. The standard InChI is InChI=1S/C16H18N6.C5H9N3O3/c1-2-13-11-19-16(20-12-13)22-8-6-21(7-9-22)15-14(10-17)4-3-5-18-15;9-2-4(10)1-8-5(11)6-3-7-8/h3-5,11-12H,2,6-9H2,1H3;3-4,9-10H,1-2H2,(H,6,7,11). The van der Waals surface area contributed by atoms with Crippen molar-refractivity contribution in [1.82, 2.24) is 29.7 Å². The van der Waals surface area contributed by atoms with Crippen LogP contribution in [0.5, 0.6) is 0 Å². The molecule has 1 aliphatic rings. The molecule has 3 aromatic rings. The van der Waals surface area contributed by atoms with Crippen LogP contribution in [0.4, 0.5) is 11.8 Å². The average Bonchev–Trinajstić information content (AvgIpc) is 3.28. The van der Waals surface area contributed by atoms with Gasteiger partial charge in [0, 0.05) is 44.8 Å². The van der Waals surface area contributed by atoms with Crippen LogP contribution in [-0.4, -0.2) is 78.8 Å². The Morgan fingerprint density at radius 3 is 2.45 bits per heavy atom. The Morgan fingerprint density at radius 1 is 1.18 bits per heavy atom. The molecule has 1 atom stereocenters. The van der Waals surface area contributed by atoms with Crippen molar-refractivity contribution < 1.29 is 10.2 Å². The minimum absolute atomic E-state index is 0.0127. The SMILES string of the molecule is CCc1cnc(N2CCN(c3ncccc3C#N)CC2)nc1.O=c1[nH]cnn1CC(O)CO. The van der Waals surface area contributed by atoms with Gasteiger partial charge < -0.3 is 20.0 Å². The van der Waals surface area contributed by atoms with E-state index < -0.39 is 11.8 Å². The van der Waals surface area contributed by atoms with Crippen LogP contribution in [0.1, 0.15) is 18.1 Å². The predicted octanol–water partition coefficient (Wildman–Crippen LogP) is -0.443. The molecule has 3 aromatic heterocycles. The first-order chi connectivity index (χ1) is 16.0. The maximum absolute atomic E-state index is 10.7. The van der Waals surface area contributed by atoms with Crippen LogP contribution in [0.15, 0.2) is 41.8 Å². The zero-order chi connectivity index (χ0) is 23.6. The number of anilines is 2. The third-order valence-electron chi connectivity index (χ3n) is 5.08. The van der Waals surface area contributed by atoms with Gasteiger partial charge in [-0.1, -0.05) is 6.92 Å². The van der Waals surface area contributed by atoms with E-state index in [-0.39, 0.29) is 13.2 Å². The topological polar surface area (TPSA) is 160 Å². The number of nitrogens with one attached hydrogen (secondary N) is 1. The van der Waals surface area contributed by atoms with Gasteiger partial charge in [0.25, 0.3) is 0 Å². The number of rotatable bonds is 6. The van der Waals surface area contributed by atoms with Gasteiger partial charge in [-0.15, -0.1) is 0 Å². The zero-order valence-corrected chi connectivity index (χ0v) is 18.4. The Balaban J connectivity index is 0.000000235. The Kier molecular flexibility index (Phi) is 8.45. The molecule has 12 heteroatoms. The summed E-state index contributed by atoms with van der Waals surface area (Å²) in [5.41, 5.74) is 1.38. The smallest absolute Gasteiger partial charge is 0.343 e. The highest BCUT2D eigenvalue weighted by Gasteiger charge is 2.21. The van der Waals surface area contributed by atoms with E-state index in [9.17, 15) is 10.1 Å². The number of aromatic amines is 1. The highest BCUT2D eigenvalue weighted by Crippen LogP contribution is 2.19. The van der Waals surface area contributed by atoms with E-state index in [2.05, 4.69) is 47.8 Å². The van der Waals surface area contributed by atoms with Crippen LogP contribution in [0, 0.1) is 11.3 Å². The molecule has 3 N–H and O–H groups in total. The number of aliphatic hydroxyl groups is 2. The Labute approximate surface area is 190 Å². The lowest BCUT2D eigenvalue weighted by molar-refractivity contribution is 0.0773. The van der Waals surface area contributed by atoms with Crippen molar-refractivity contribution in [2.75, 3.05) is 42.6 Å². The molecule has 12 nitrogen and oxygen atoms in total. The molecule has 0 bridgehead atoms. The van der Waals surface area contributed by atoms with Crippen molar-refractivity contribution in [2.45, 2.75) is 26.0 Å². The minimum atomic E-state index is -0.934. The molecular formula is C21H27N9O3. The van der Waals surface area contributed by atoms with E-state index in [0.717, 1.165) is 54.6 Å².